The normalized spacial score (nSPS) is 16.2. The van der Waals surface area contributed by atoms with Crippen molar-refractivity contribution in [3.05, 3.63) is 102 Å². The van der Waals surface area contributed by atoms with Gasteiger partial charge >= 0.3 is 5.97 Å². The lowest BCUT2D eigenvalue weighted by Gasteiger charge is -2.24. The summed E-state index contributed by atoms with van der Waals surface area (Å²) < 4.78 is 20.5. The van der Waals surface area contributed by atoms with Crippen molar-refractivity contribution in [3.8, 4) is 0 Å². The Hall–Kier alpha value is -3.32. The van der Waals surface area contributed by atoms with Crippen LogP contribution in [0.4, 0.5) is 4.39 Å². The van der Waals surface area contributed by atoms with Gasteiger partial charge in [0.25, 0.3) is 5.56 Å². The number of carbonyl (C=O) groups is 1. The third kappa shape index (κ3) is 3.64. The van der Waals surface area contributed by atoms with Crippen molar-refractivity contribution in [2.24, 2.45) is 4.99 Å². The minimum absolute atomic E-state index is 0.228. The Kier molecular flexibility index (Phi) is 5.46. The predicted molar refractivity (Wildman–Crippen MR) is 113 cm³/mol. The maximum atomic E-state index is 13.3. The van der Waals surface area contributed by atoms with E-state index in [9.17, 15) is 14.0 Å². The summed E-state index contributed by atoms with van der Waals surface area (Å²) in [5.74, 6) is -0.826. The fraction of sp³-hybridized carbons (Fsp3) is 0.174. The van der Waals surface area contributed by atoms with Crippen molar-refractivity contribution in [1.82, 2.24) is 4.57 Å². The molecule has 152 valence electrons. The molecule has 0 saturated carbocycles. The topological polar surface area (TPSA) is 60.7 Å². The number of rotatable bonds is 4. The number of esters is 1. The van der Waals surface area contributed by atoms with Gasteiger partial charge in [-0.05, 0) is 43.2 Å². The van der Waals surface area contributed by atoms with Crippen molar-refractivity contribution in [2.75, 3.05) is 6.61 Å². The Labute approximate surface area is 176 Å². The number of hydrogen-bond acceptors (Lipinski definition) is 5. The molecule has 4 rings (SSSR count). The molecule has 2 aromatic carbocycles. The van der Waals surface area contributed by atoms with Crippen molar-refractivity contribution in [2.45, 2.75) is 19.9 Å². The Balaban J connectivity index is 1.94. The molecule has 0 radical (unpaired) electrons. The minimum atomic E-state index is -0.628. The highest BCUT2D eigenvalue weighted by Crippen LogP contribution is 2.30. The third-order valence-electron chi connectivity index (χ3n) is 4.80. The molecule has 1 atom stereocenters. The zero-order chi connectivity index (χ0) is 21.3. The number of allylic oxidation sites excluding steroid dienone is 1. The molecule has 0 bridgehead atoms. The lowest BCUT2D eigenvalue weighted by molar-refractivity contribution is -0.139. The Morgan fingerprint density at radius 2 is 1.90 bits per heavy atom. The summed E-state index contributed by atoms with van der Waals surface area (Å²) in [6.07, 6.45) is 1.70. The molecule has 0 aliphatic carbocycles. The average molecular weight is 422 g/mol. The van der Waals surface area contributed by atoms with Crippen molar-refractivity contribution >= 4 is 23.4 Å². The van der Waals surface area contributed by atoms with E-state index >= 15 is 0 Å². The van der Waals surface area contributed by atoms with Crippen LogP contribution in [0.2, 0.25) is 0 Å². The summed E-state index contributed by atoms with van der Waals surface area (Å²) in [4.78, 5) is 31.1. The van der Waals surface area contributed by atoms with Gasteiger partial charge in [0.05, 0.1) is 28.5 Å². The lowest BCUT2D eigenvalue weighted by Crippen LogP contribution is -2.39. The molecule has 0 N–H and O–H groups in total. The molecular weight excluding hydrogens is 403 g/mol. The van der Waals surface area contributed by atoms with E-state index in [0.29, 0.717) is 26.2 Å². The average Bonchev–Trinajstić information content (AvgIpc) is 3.04. The van der Waals surface area contributed by atoms with E-state index in [1.165, 1.54) is 28.0 Å². The van der Waals surface area contributed by atoms with Crippen molar-refractivity contribution in [3.63, 3.8) is 0 Å². The molecule has 3 aromatic rings. The molecule has 1 aliphatic rings. The van der Waals surface area contributed by atoms with Crippen LogP contribution in [0.5, 0.6) is 0 Å². The first kappa shape index (κ1) is 20.0. The van der Waals surface area contributed by atoms with Crippen molar-refractivity contribution < 1.29 is 13.9 Å². The van der Waals surface area contributed by atoms with Crippen LogP contribution in [0.25, 0.3) is 6.08 Å². The zero-order valence-corrected chi connectivity index (χ0v) is 17.3. The first-order chi connectivity index (χ1) is 14.5. The SMILES string of the molecule is CCOC(=O)C1=C(C)N=c2s/c(=C/c3ccc(F)cc3)c(=O)n2[C@@H]1c1ccccc1. The van der Waals surface area contributed by atoms with E-state index in [0.717, 1.165) is 5.56 Å². The van der Waals surface area contributed by atoms with Gasteiger partial charge in [-0.2, -0.15) is 0 Å². The number of carbonyl (C=O) groups excluding carboxylic acids is 1. The zero-order valence-electron chi connectivity index (χ0n) is 16.5. The predicted octanol–water partition coefficient (Wildman–Crippen LogP) is 2.94. The van der Waals surface area contributed by atoms with Gasteiger partial charge in [-0.1, -0.05) is 53.8 Å². The number of aromatic nitrogens is 1. The maximum Gasteiger partial charge on any atom is 0.338 e. The second-order valence-corrected chi connectivity index (χ2v) is 7.77. The summed E-state index contributed by atoms with van der Waals surface area (Å²) in [6, 6.07) is 14.6. The van der Waals surface area contributed by atoms with Crippen LogP contribution in [-0.2, 0) is 9.53 Å². The first-order valence-corrected chi connectivity index (χ1v) is 10.3. The summed E-state index contributed by atoms with van der Waals surface area (Å²) in [5, 5.41) is 0. The van der Waals surface area contributed by atoms with Gasteiger partial charge in [0.15, 0.2) is 4.80 Å². The van der Waals surface area contributed by atoms with Crippen LogP contribution in [0.15, 0.2) is 75.7 Å². The standard InChI is InChI=1S/C23H19FN2O3S/c1-3-29-22(28)19-14(2)25-23-26(20(19)16-7-5-4-6-8-16)21(27)18(30-23)13-15-9-11-17(24)12-10-15/h4-13,20H,3H2,1-2H3/b18-13+/t20-/m1/s1. The molecule has 0 unspecified atom stereocenters. The number of thiazole rings is 1. The monoisotopic (exact) mass is 422 g/mol. The molecule has 0 saturated heterocycles. The molecule has 2 heterocycles. The van der Waals surface area contributed by atoms with E-state index in [4.69, 9.17) is 4.74 Å². The van der Waals surface area contributed by atoms with Crippen LogP contribution in [0, 0.1) is 5.82 Å². The van der Waals surface area contributed by atoms with Crippen molar-refractivity contribution in [1.29, 1.82) is 0 Å². The number of benzene rings is 2. The van der Waals surface area contributed by atoms with Gasteiger partial charge < -0.3 is 4.74 Å². The summed E-state index contributed by atoms with van der Waals surface area (Å²) in [6.45, 7) is 3.72. The molecule has 0 spiro atoms. The number of ether oxygens (including phenoxy) is 1. The quantitative estimate of drug-likeness (QED) is 0.608. The third-order valence-corrected chi connectivity index (χ3v) is 5.78. The van der Waals surface area contributed by atoms with E-state index in [1.54, 1.807) is 32.1 Å². The highest BCUT2D eigenvalue weighted by Gasteiger charge is 2.33. The number of nitrogens with zero attached hydrogens (tertiary/aromatic N) is 2. The van der Waals surface area contributed by atoms with Gasteiger partial charge in [-0.25, -0.2) is 14.2 Å². The molecule has 5 nitrogen and oxygen atoms in total. The smallest absolute Gasteiger partial charge is 0.338 e. The molecule has 30 heavy (non-hydrogen) atoms. The summed E-state index contributed by atoms with van der Waals surface area (Å²) in [7, 11) is 0. The van der Waals surface area contributed by atoms with E-state index in [1.807, 2.05) is 30.3 Å². The number of fused-ring (bicyclic) bond motifs is 1. The van der Waals surface area contributed by atoms with Gasteiger partial charge in [0.1, 0.15) is 5.82 Å². The molecule has 1 aliphatic heterocycles. The Morgan fingerprint density at radius 1 is 1.20 bits per heavy atom. The molecular formula is C23H19FN2O3S. The van der Waals surface area contributed by atoms with Gasteiger partial charge in [0, 0.05) is 0 Å². The highest BCUT2D eigenvalue weighted by atomic mass is 32.1. The Bertz CT molecular complexity index is 1310. The van der Waals surface area contributed by atoms with E-state index in [-0.39, 0.29) is 18.0 Å². The number of hydrogen-bond donors (Lipinski definition) is 0. The van der Waals surface area contributed by atoms with E-state index < -0.39 is 12.0 Å². The summed E-state index contributed by atoms with van der Waals surface area (Å²) in [5.41, 5.74) is 2.12. The fourth-order valence-corrected chi connectivity index (χ4v) is 4.50. The largest absolute Gasteiger partial charge is 0.463 e. The summed E-state index contributed by atoms with van der Waals surface area (Å²) >= 11 is 1.24. The fourth-order valence-electron chi connectivity index (χ4n) is 3.45. The van der Waals surface area contributed by atoms with E-state index in [2.05, 4.69) is 4.99 Å². The second-order valence-electron chi connectivity index (χ2n) is 6.76. The second kappa shape index (κ2) is 8.20. The minimum Gasteiger partial charge on any atom is -0.463 e. The van der Waals surface area contributed by atoms with Gasteiger partial charge in [0.2, 0.25) is 0 Å². The molecule has 7 heteroatoms. The molecule has 1 aromatic heterocycles. The molecule has 0 fully saturated rings. The van der Waals surface area contributed by atoms with Crippen LogP contribution in [0.1, 0.15) is 31.0 Å². The van der Waals surface area contributed by atoms with Gasteiger partial charge in [-0.3, -0.25) is 9.36 Å². The maximum absolute atomic E-state index is 13.3. The Morgan fingerprint density at radius 3 is 2.57 bits per heavy atom. The van der Waals surface area contributed by atoms with Crippen LogP contribution < -0.4 is 14.9 Å². The number of halogens is 1. The van der Waals surface area contributed by atoms with Crippen LogP contribution in [0.3, 0.4) is 0 Å². The van der Waals surface area contributed by atoms with Crippen LogP contribution in [-0.4, -0.2) is 17.1 Å². The molecule has 0 amide bonds. The van der Waals surface area contributed by atoms with Gasteiger partial charge in [-0.15, -0.1) is 0 Å². The van der Waals surface area contributed by atoms with Crippen LogP contribution >= 0.6 is 11.3 Å². The lowest BCUT2D eigenvalue weighted by atomic mass is 9.96. The first-order valence-electron chi connectivity index (χ1n) is 9.49. The highest BCUT2D eigenvalue weighted by molar-refractivity contribution is 7.07.